The summed E-state index contributed by atoms with van der Waals surface area (Å²) in [6.45, 7) is 0. The third-order valence-electron chi connectivity index (χ3n) is 2.38. The molecule has 0 aliphatic heterocycles. The van der Waals surface area contributed by atoms with Gasteiger partial charge in [-0.1, -0.05) is 12.1 Å². The minimum atomic E-state index is -4.57. The second kappa shape index (κ2) is 7.01. The molecule has 0 atom stereocenters. The van der Waals surface area contributed by atoms with Gasteiger partial charge in [0.15, 0.2) is 10.8 Å². The Morgan fingerprint density at radius 3 is 2.83 bits per heavy atom. The van der Waals surface area contributed by atoms with E-state index in [0.717, 1.165) is 12.3 Å². The molecule has 10 heteroatoms. The predicted molar refractivity (Wildman–Crippen MR) is 81.1 cm³/mol. The molecule has 0 aliphatic carbocycles. The summed E-state index contributed by atoms with van der Waals surface area (Å²) in [5, 5.41) is 3.76. The third kappa shape index (κ3) is 5.18. The lowest BCUT2D eigenvalue weighted by Crippen LogP contribution is -2.23. The molecule has 1 aromatic heterocycles. The Balaban J connectivity index is 2.14. The lowest BCUT2D eigenvalue weighted by atomic mass is 10.2. The number of hydrazone groups is 1. The average molecular weight is 341 g/mol. The molecule has 0 aliphatic rings. The van der Waals surface area contributed by atoms with E-state index < -0.39 is 17.9 Å². The van der Waals surface area contributed by atoms with Crippen molar-refractivity contribution < 1.29 is 17.9 Å². The molecule has 0 bridgehead atoms. The van der Waals surface area contributed by atoms with Crippen LogP contribution in [0.3, 0.4) is 0 Å². The first-order valence-electron chi connectivity index (χ1n) is 6.11. The molecule has 2 rings (SSSR count). The number of hydrogen-bond acceptors (Lipinski definition) is 5. The van der Waals surface area contributed by atoms with Crippen LogP contribution in [0.2, 0.25) is 0 Å². The summed E-state index contributed by atoms with van der Waals surface area (Å²) < 4.78 is 43.0. The van der Waals surface area contributed by atoms with E-state index in [0.29, 0.717) is 5.56 Å². The molecule has 0 unspecified atom stereocenters. The molecule has 2 aromatic rings. The van der Waals surface area contributed by atoms with E-state index in [1.54, 1.807) is 18.2 Å². The fourth-order valence-electron chi connectivity index (χ4n) is 1.48. The second-order valence-electron chi connectivity index (χ2n) is 4.13. The number of rotatable bonds is 4. The van der Waals surface area contributed by atoms with Crippen molar-refractivity contribution in [2.45, 2.75) is 6.18 Å². The molecule has 0 fully saturated rings. The van der Waals surface area contributed by atoms with Crippen molar-refractivity contribution in [3.8, 4) is 11.8 Å². The number of aromatic nitrogens is 2. The van der Waals surface area contributed by atoms with Crippen molar-refractivity contribution in [3.05, 3.63) is 47.8 Å². The SMILES string of the molecule is NC(=S)NN=Cc1cccc(Oc2nccc(C(F)(F)F)n2)c1. The monoisotopic (exact) mass is 341 g/mol. The van der Waals surface area contributed by atoms with E-state index in [2.05, 4.69) is 32.7 Å². The molecule has 0 radical (unpaired) electrons. The van der Waals surface area contributed by atoms with E-state index >= 15 is 0 Å². The zero-order chi connectivity index (χ0) is 16.9. The van der Waals surface area contributed by atoms with E-state index in [-0.39, 0.29) is 10.9 Å². The van der Waals surface area contributed by atoms with Gasteiger partial charge in [-0.3, -0.25) is 5.43 Å². The summed E-state index contributed by atoms with van der Waals surface area (Å²) in [4.78, 5) is 6.97. The van der Waals surface area contributed by atoms with Crippen LogP contribution in [0.15, 0.2) is 41.6 Å². The van der Waals surface area contributed by atoms with Crippen molar-refractivity contribution >= 4 is 23.5 Å². The Morgan fingerprint density at radius 1 is 1.35 bits per heavy atom. The fraction of sp³-hybridized carbons (Fsp3) is 0.0769. The van der Waals surface area contributed by atoms with Gasteiger partial charge in [-0.05, 0) is 36.0 Å². The van der Waals surface area contributed by atoms with Gasteiger partial charge in [0, 0.05) is 6.20 Å². The molecule has 0 saturated heterocycles. The van der Waals surface area contributed by atoms with Crippen molar-refractivity contribution in [1.82, 2.24) is 15.4 Å². The van der Waals surface area contributed by atoms with Crippen LogP contribution in [0.1, 0.15) is 11.3 Å². The van der Waals surface area contributed by atoms with Crippen LogP contribution < -0.4 is 15.9 Å². The van der Waals surface area contributed by atoms with Gasteiger partial charge in [-0.2, -0.15) is 23.3 Å². The average Bonchev–Trinajstić information content (AvgIpc) is 2.47. The number of nitrogens with one attached hydrogen (secondary N) is 1. The summed E-state index contributed by atoms with van der Waals surface area (Å²) in [6.07, 6.45) is -2.18. The summed E-state index contributed by atoms with van der Waals surface area (Å²) >= 11 is 4.59. The summed E-state index contributed by atoms with van der Waals surface area (Å²) in [6, 6.07) is 6.76. The minimum absolute atomic E-state index is 0.00557. The van der Waals surface area contributed by atoms with Gasteiger partial charge in [0.2, 0.25) is 0 Å². The standard InChI is InChI=1S/C13H10F3N5OS/c14-13(15,16)10-4-5-18-12(20-10)22-9-3-1-2-8(6-9)7-19-21-11(17)23/h1-7H,(H3,17,21,23). The van der Waals surface area contributed by atoms with Gasteiger partial charge in [-0.15, -0.1) is 0 Å². The van der Waals surface area contributed by atoms with Crippen LogP contribution in [0.25, 0.3) is 0 Å². The van der Waals surface area contributed by atoms with E-state index in [1.807, 2.05) is 0 Å². The highest BCUT2D eigenvalue weighted by molar-refractivity contribution is 7.80. The Bertz CT molecular complexity index is 736. The minimum Gasteiger partial charge on any atom is -0.424 e. The molecule has 3 N–H and O–H groups in total. The zero-order valence-corrected chi connectivity index (χ0v) is 12.2. The Hall–Kier alpha value is -2.75. The Morgan fingerprint density at radius 2 is 2.13 bits per heavy atom. The molecular formula is C13H10F3N5OS. The van der Waals surface area contributed by atoms with Crippen LogP contribution in [0, 0.1) is 0 Å². The lowest BCUT2D eigenvalue weighted by Gasteiger charge is -2.08. The molecule has 1 aromatic carbocycles. The summed E-state index contributed by atoms with van der Waals surface area (Å²) in [5.74, 6) is 0.253. The number of nitrogens with zero attached hydrogens (tertiary/aromatic N) is 3. The van der Waals surface area contributed by atoms with Gasteiger partial charge in [0.25, 0.3) is 0 Å². The van der Waals surface area contributed by atoms with Gasteiger partial charge in [0.1, 0.15) is 5.75 Å². The van der Waals surface area contributed by atoms with Gasteiger partial charge < -0.3 is 10.5 Å². The number of thiocarbonyl (C=S) groups is 1. The number of nitrogens with two attached hydrogens (primary N) is 1. The largest absolute Gasteiger partial charge is 0.433 e. The van der Waals surface area contributed by atoms with Crippen molar-refractivity contribution in [1.29, 1.82) is 0 Å². The van der Waals surface area contributed by atoms with Gasteiger partial charge in [-0.25, -0.2) is 4.98 Å². The van der Waals surface area contributed by atoms with Crippen molar-refractivity contribution in [2.24, 2.45) is 10.8 Å². The third-order valence-corrected chi connectivity index (χ3v) is 2.47. The van der Waals surface area contributed by atoms with Crippen LogP contribution >= 0.6 is 12.2 Å². The smallest absolute Gasteiger partial charge is 0.424 e. The number of hydrogen-bond donors (Lipinski definition) is 2. The van der Waals surface area contributed by atoms with Crippen molar-refractivity contribution in [2.75, 3.05) is 0 Å². The topological polar surface area (TPSA) is 85.4 Å². The van der Waals surface area contributed by atoms with E-state index in [9.17, 15) is 13.2 Å². The number of ether oxygens (including phenoxy) is 1. The molecule has 0 spiro atoms. The van der Waals surface area contributed by atoms with Crippen LogP contribution in [-0.4, -0.2) is 21.3 Å². The first kappa shape index (κ1) is 16.6. The normalized spacial score (nSPS) is 11.4. The summed E-state index contributed by atoms with van der Waals surface area (Å²) in [7, 11) is 0. The highest BCUT2D eigenvalue weighted by atomic mass is 32.1. The fourth-order valence-corrected chi connectivity index (χ4v) is 1.53. The van der Waals surface area contributed by atoms with Crippen LogP contribution in [0.5, 0.6) is 11.8 Å². The highest BCUT2D eigenvalue weighted by Gasteiger charge is 2.33. The van der Waals surface area contributed by atoms with Crippen LogP contribution in [0.4, 0.5) is 13.2 Å². The van der Waals surface area contributed by atoms with Crippen LogP contribution in [-0.2, 0) is 6.18 Å². The molecule has 120 valence electrons. The zero-order valence-electron chi connectivity index (χ0n) is 11.4. The Labute approximate surface area is 134 Å². The summed E-state index contributed by atoms with van der Waals surface area (Å²) in [5.41, 5.74) is 7.11. The van der Waals surface area contributed by atoms with Gasteiger partial charge >= 0.3 is 12.2 Å². The quantitative estimate of drug-likeness (QED) is 0.505. The maximum Gasteiger partial charge on any atom is 0.433 e. The molecule has 0 saturated carbocycles. The first-order chi connectivity index (χ1) is 10.8. The second-order valence-corrected chi connectivity index (χ2v) is 4.57. The maximum atomic E-state index is 12.6. The number of halogens is 3. The highest BCUT2D eigenvalue weighted by Crippen LogP contribution is 2.28. The molecule has 1 heterocycles. The van der Waals surface area contributed by atoms with E-state index in [4.69, 9.17) is 10.5 Å². The van der Waals surface area contributed by atoms with E-state index in [1.165, 1.54) is 12.3 Å². The number of alkyl halides is 3. The van der Waals surface area contributed by atoms with Crippen molar-refractivity contribution in [3.63, 3.8) is 0 Å². The van der Waals surface area contributed by atoms with Gasteiger partial charge in [0.05, 0.1) is 6.21 Å². The molecule has 0 amide bonds. The molecular weight excluding hydrogens is 331 g/mol. The molecule has 6 nitrogen and oxygen atoms in total. The predicted octanol–water partition coefficient (Wildman–Crippen LogP) is 2.45. The maximum absolute atomic E-state index is 12.6. The Kier molecular flexibility index (Phi) is 5.06. The first-order valence-corrected chi connectivity index (χ1v) is 6.52. The number of benzene rings is 1. The lowest BCUT2D eigenvalue weighted by molar-refractivity contribution is -0.141. The molecule has 23 heavy (non-hydrogen) atoms.